The van der Waals surface area contributed by atoms with E-state index in [0.717, 1.165) is 53.2 Å². The topological polar surface area (TPSA) is 179 Å². The van der Waals surface area contributed by atoms with Crippen molar-refractivity contribution in [1.82, 2.24) is 15.7 Å². The first-order valence-electron chi connectivity index (χ1n) is 22.0. The molecule has 5 fully saturated rings. The fraction of sp³-hybridized carbons (Fsp3) is 0.660. The molecule has 1 amide bonds. The summed E-state index contributed by atoms with van der Waals surface area (Å²) in [5.41, 5.74) is 17.8. The standard InChI is InChI=1S/C42H58N6O2.2C2H6.CH3NO/c1-39(2)33-17-20-40(3)31-16-22-42(19-6-9-32(42)30(31)14-15-34(40)41(33,4)21-18-35(39)49)25-27-7-5-8-29(23-27)38-45-36(50-47-38)24-26-10-12-28(13-11-26)37(43)46-48-44;2*1-2;2-1-3/h5,7-8,10-13,23,30-35,48-49H,6,9,14-22,24-25,44H2,1-4H3,(H2,43,46);2*1-2H3;1H,(H2,2,3). The molecule has 3 aromatic rings. The van der Waals surface area contributed by atoms with Crippen molar-refractivity contribution in [2.75, 3.05) is 0 Å². The molecule has 314 valence electrons. The van der Waals surface area contributed by atoms with Gasteiger partial charge in [0.25, 0.3) is 0 Å². The van der Waals surface area contributed by atoms with Gasteiger partial charge in [0.05, 0.1) is 12.5 Å². The Balaban J connectivity index is 0.000000835. The number of primary amides is 1. The Kier molecular flexibility index (Phi) is 14.3. The Morgan fingerprint density at radius 1 is 0.877 bits per heavy atom. The van der Waals surface area contributed by atoms with Gasteiger partial charge in [0, 0.05) is 11.1 Å². The van der Waals surface area contributed by atoms with E-state index in [1.54, 1.807) is 0 Å². The zero-order valence-corrected chi connectivity index (χ0v) is 36.2. The number of nitrogens with one attached hydrogen (secondary N) is 1. The molecule has 1 aromatic heterocycles. The number of benzene rings is 2. The van der Waals surface area contributed by atoms with Crippen LogP contribution in [0.2, 0.25) is 0 Å². The van der Waals surface area contributed by atoms with Crippen LogP contribution in [0.3, 0.4) is 0 Å². The Bertz CT molecular complexity index is 1790. The number of aliphatic hydroxyl groups excluding tert-OH is 1. The van der Waals surface area contributed by atoms with E-state index in [0.29, 0.717) is 46.1 Å². The second-order valence-corrected chi connectivity index (χ2v) is 18.3. The number of hydrazone groups is 1. The minimum atomic E-state index is -0.152. The van der Waals surface area contributed by atoms with Crippen LogP contribution in [0.15, 0.2) is 58.2 Å². The Morgan fingerprint density at radius 3 is 2.28 bits per heavy atom. The van der Waals surface area contributed by atoms with Gasteiger partial charge in [-0.1, -0.05) is 109 Å². The highest BCUT2D eigenvalue weighted by atomic mass is 16.5. The molecule has 5 aliphatic rings. The molecule has 10 nitrogen and oxygen atoms in total. The molecule has 8 rings (SSSR count). The normalized spacial score (nSPS) is 33.5. The molecule has 9 unspecified atom stereocenters. The van der Waals surface area contributed by atoms with E-state index in [1.165, 1.54) is 69.8 Å². The van der Waals surface area contributed by atoms with Gasteiger partial charge in [-0.2, -0.15) is 4.98 Å². The number of carbonyl (C=O) groups excluding carboxylic acids is 1. The van der Waals surface area contributed by atoms with Crippen LogP contribution in [0.5, 0.6) is 0 Å². The van der Waals surface area contributed by atoms with Gasteiger partial charge in [0.15, 0.2) is 5.84 Å². The van der Waals surface area contributed by atoms with Crippen molar-refractivity contribution in [2.24, 2.45) is 73.7 Å². The zero-order valence-electron chi connectivity index (χ0n) is 36.2. The smallest absolute Gasteiger partial charge is 0.231 e. The minimum absolute atomic E-state index is 0.0243. The molecule has 9 atom stereocenters. The molecule has 5 aliphatic carbocycles. The number of aromatic nitrogens is 2. The number of hydrogen-bond acceptors (Lipinski definition) is 8. The van der Waals surface area contributed by atoms with E-state index in [9.17, 15) is 5.11 Å². The number of aliphatic hydroxyl groups is 1. The van der Waals surface area contributed by atoms with Crippen molar-refractivity contribution in [2.45, 2.75) is 145 Å². The van der Waals surface area contributed by atoms with Crippen molar-refractivity contribution in [3.8, 4) is 11.4 Å². The third-order valence-electron chi connectivity index (χ3n) is 15.7. The lowest BCUT2D eigenvalue weighted by Gasteiger charge is -2.69. The number of hydrazine groups is 1. The van der Waals surface area contributed by atoms with Gasteiger partial charge in [-0.25, -0.2) is 11.4 Å². The molecule has 8 N–H and O–H groups in total. The van der Waals surface area contributed by atoms with Crippen molar-refractivity contribution in [3.05, 3.63) is 71.1 Å². The summed E-state index contributed by atoms with van der Waals surface area (Å²) in [4.78, 5) is 13.4. The number of nitrogens with two attached hydrogens (primary N) is 3. The predicted molar refractivity (Wildman–Crippen MR) is 230 cm³/mol. The van der Waals surface area contributed by atoms with Crippen LogP contribution in [0.4, 0.5) is 0 Å². The van der Waals surface area contributed by atoms with Crippen molar-refractivity contribution >= 4 is 12.2 Å². The first kappa shape index (κ1) is 44.3. The van der Waals surface area contributed by atoms with Gasteiger partial charge in [0.2, 0.25) is 18.1 Å². The number of amides is 1. The molecule has 10 heteroatoms. The summed E-state index contributed by atoms with van der Waals surface area (Å²) in [5, 5.41) is 19.3. The Labute approximate surface area is 342 Å². The molecule has 5 saturated carbocycles. The van der Waals surface area contributed by atoms with Crippen LogP contribution in [-0.4, -0.2) is 33.6 Å². The van der Waals surface area contributed by atoms with Crippen LogP contribution < -0.4 is 22.8 Å². The highest BCUT2D eigenvalue weighted by molar-refractivity contribution is 5.97. The Morgan fingerprint density at radius 2 is 1.58 bits per heavy atom. The lowest BCUT2D eigenvalue weighted by Crippen LogP contribution is -2.63. The van der Waals surface area contributed by atoms with E-state index in [2.05, 4.69) is 73.5 Å². The molecule has 0 spiro atoms. The average Bonchev–Trinajstić information content (AvgIpc) is 3.86. The predicted octanol–water partition coefficient (Wildman–Crippen LogP) is 8.93. The van der Waals surface area contributed by atoms with Gasteiger partial charge in [-0.15, -0.1) is 5.10 Å². The summed E-state index contributed by atoms with van der Waals surface area (Å²) in [5.74, 6) is 10.8. The summed E-state index contributed by atoms with van der Waals surface area (Å²) in [6, 6.07) is 16.8. The lowest BCUT2D eigenvalue weighted by atomic mass is 9.36. The van der Waals surface area contributed by atoms with E-state index in [1.807, 2.05) is 52.0 Å². The number of carbonyl (C=O) groups is 1. The number of hydrogen-bond donors (Lipinski definition) is 5. The molecule has 2 aromatic carbocycles. The summed E-state index contributed by atoms with van der Waals surface area (Å²) >= 11 is 0. The Hall–Kier alpha value is -3.76. The number of amidine groups is 1. The number of rotatable bonds is 7. The van der Waals surface area contributed by atoms with Crippen LogP contribution >= 0.6 is 0 Å². The summed E-state index contributed by atoms with van der Waals surface area (Å²) in [6.07, 6.45) is 16.3. The van der Waals surface area contributed by atoms with E-state index >= 15 is 0 Å². The molecule has 0 aliphatic heterocycles. The monoisotopic (exact) mass is 784 g/mol. The maximum absolute atomic E-state index is 11.0. The molecule has 57 heavy (non-hydrogen) atoms. The van der Waals surface area contributed by atoms with Crippen molar-refractivity contribution in [3.63, 3.8) is 0 Å². The summed E-state index contributed by atoms with van der Waals surface area (Å²) < 4.78 is 5.72. The first-order chi connectivity index (χ1) is 27.4. The van der Waals surface area contributed by atoms with Gasteiger partial charge in [-0.3, -0.25) is 4.79 Å². The highest BCUT2D eigenvalue weighted by Gasteiger charge is 2.66. The second-order valence-electron chi connectivity index (χ2n) is 18.3. The van der Waals surface area contributed by atoms with Crippen LogP contribution in [-0.2, 0) is 17.6 Å². The van der Waals surface area contributed by atoms with E-state index < -0.39 is 0 Å². The van der Waals surface area contributed by atoms with Crippen molar-refractivity contribution < 1.29 is 14.4 Å². The lowest BCUT2D eigenvalue weighted by molar-refractivity contribution is -0.214. The zero-order chi connectivity index (χ0) is 41.6. The molecule has 1 heterocycles. The summed E-state index contributed by atoms with van der Waals surface area (Å²) in [7, 11) is 0. The van der Waals surface area contributed by atoms with Crippen LogP contribution in [0.1, 0.15) is 149 Å². The van der Waals surface area contributed by atoms with Gasteiger partial charge < -0.3 is 21.1 Å². The average molecular weight is 784 g/mol. The maximum Gasteiger partial charge on any atom is 0.231 e. The van der Waals surface area contributed by atoms with Crippen molar-refractivity contribution in [1.29, 1.82) is 0 Å². The van der Waals surface area contributed by atoms with Gasteiger partial charge in [-0.05, 0) is 139 Å². The van der Waals surface area contributed by atoms with Crippen LogP contribution in [0.25, 0.3) is 11.4 Å². The molecule has 0 bridgehead atoms. The van der Waals surface area contributed by atoms with E-state index in [-0.39, 0.29) is 17.9 Å². The largest absolute Gasteiger partial charge is 0.393 e. The molecular formula is C47H73N7O3. The number of fused-ring (bicyclic) bond motifs is 7. The summed E-state index contributed by atoms with van der Waals surface area (Å²) in [6.45, 7) is 18.1. The molecular weight excluding hydrogens is 711 g/mol. The van der Waals surface area contributed by atoms with Crippen LogP contribution in [0, 0.1) is 51.2 Å². The molecule has 0 radical (unpaired) electrons. The van der Waals surface area contributed by atoms with Gasteiger partial charge >= 0.3 is 0 Å². The second kappa shape index (κ2) is 18.4. The van der Waals surface area contributed by atoms with E-state index in [4.69, 9.17) is 25.9 Å². The molecule has 0 saturated heterocycles. The third-order valence-corrected chi connectivity index (χ3v) is 15.7. The fourth-order valence-electron chi connectivity index (χ4n) is 13.4. The third kappa shape index (κ3) is 8.41. The SMILES string of the molecule is CC.CC.CC1(C)C(O)CCC2(C)C1CCC1(C)C3CCC4(Cc5cccc(-c6noc(Cc7ccc(/C(N)=N/NN)cc7)n6)c5)CCCC4C3CCC12.NC=O. The maximum atomic E-state index is 11.0. The first-order valence-corrected chi connectivity index (χ1v) is 22.0. The fourth-order valence-corrected chi connectivity index (χ4v) is 13.4. The highest BCUT2D eigenvalue weighted by Crippen LogP contribution is 2.73. The van der Waals surface area contributed by atoms with Gasteiger partial charge in [0.1, 0.15) is 0 Å². The minimum Gasteiger partial charge on any atom is -0.393 e. The quantitative estimate of drug-likeness (QED) is 0.0518. The number of nitrogens with zero attached hydrogens (tertiary/aromatic N) is 3.